The van der Waals surface area contributed by atoms with Crippen LogP contribution in [-0.2, 0) is 11.8 Å². The summed E-state index contributed by atoms with van der Waals surface area (Å²) in [7, 11) is 0. The lowest BCUT2D eigenvalue weighted by molar-refractivity contribution is 0.722. The number of rotatable bonds is 2. The molecule has 0 heterocycles. The van der Waals surface area contributed by atoms with Crippen molar-refractivity contribution in [2.75, 3.05) is 0 Å². The molecule has 6 aromatic rings. The Hall–Kier alpha value is -5.01. The lowest BCUT2D eigenvalue weighted by Gasteiger charge is -2.40. The first kappa shape index (κ1) is 50.0. The predicted molar refractivity (Wildman–Crippen MR) is 258 cm³/mol. The van der Waals surface area contributed by atoms with E-state index >= 15 is 0 Å². The molecule has 0 bridgehead atoms. The molecule has 2 aliphatic carbocycles. The quantitative estimate of drug-likeness (QED) is 0.156. The molecule has 0 saturated heterocycles. The van der Waals surface area contributed by atoms with Gasteiger partial charge in [-0.05, 0) is 82.0 Å². The summed E-state index contributed by atoms with van der Waals surface area (Å²) in [4.78, 5) is 4.65. The Morgan fingerprint density at radius 2 is 0.772 bits per heavy atom. The minimum absolute atomic E-state index is 0.196. The molecule has 0 fully saturated rings. The standard InChI is InChI=1S/C26H18.C15H15N.3C3H8.3C2H6/c1-5-13-22-18(9-1)17-19-10-2-6-14-23(19)26(22)24-15-7-3-11-20(24)21-12-4-8-16-25(21)26;1-12-8-6-7-11-15(12)16-13(2)14-9-4-3-5-10-14;3*1-3-2;3*1-2/h1-16H,17H2;3-11H,1-2H3;3*3H2,1-2H3;3*1-2H3. The zero-order valence-electron chi connectivity index (χ0n) is 38.2. The summed E-state index contributed by atoms with van der Waals surface area (Å²) in [6.07, 6.45) is 4.76. The molecule has 0 atom stereocenters. The molecule has 1 heteroatoms. The molecule has 2 aliphatic rings. The zero-order valence-corrected chi connectivity index (χ0v) is 38.2. The number of aliphatic imine (C=N–C) groups is 1. The van der Waals surface area contributed by atoms with Gasteiger partial charge in [-0.25, -0.2) is 0 Å². The number of benzene rings is 6. The molecule has 1 spiro atoms. The van der Waals surface area contributed by atoms with Crippen molar-refractivity contribution in [1.82, 2.24) is 0 Å². The van der Waals surface area contributed by atoms with Crippen molar-refractivity contribution in [3.63, 3.8) is 0 Å². The van der Waals surface area contributed by atoms with Crippen LogP contribution >= 0.6 is 0 Å². The molecule has 6 aromatic carbocycles. The second-order valence-electron chi connectivity index (χ2n) is 13.3. The van der Waals surface area contributed by atoms with Gasteiger partial charge in [-0.2, -0.15) is 0 Å². The molecule has 0 unspecified atom stereocenters. The second-order valence-corrected chi connectivity index (χ2v) is 13.3. The molecule has 0 radical (unpaired) electrons. The highest BCUT2D eigenvalue weighted by Crippen LogP contribution is 2.58. The van der Waals surface area contributed by atoms with Gasteiger partial charge in [0.25, 0.3) is 0 Å². The van der Waals surface area contributed by atoms with Crippen LogP contribution in [0, 0.1) is 6.92 Å². The lowest BCUT2D eigenvalue weighted by atomic mass is 9.61. The Kier molecular flexibility index (Phi) is 24.9. The highest BCUT2D eigenvalue weighted by Gasteiger charge is 2.49. The smallest absolute Gasteiger partial charge is 0.0719 e. The molecular weight excluding hydrogens is 687 g/mol. The Morgan fingerprint density at radius 3 is 1.19 bits per heavy atom. The molecule has 0 aromatic heterocycles. The molecule has 0 N–H and O–H groups in total. The van der Waals surface area contributed by atoms with Crippen LogP contribution in [-0.4, -0.2) is 5.71 Å². The van der Waals surface area contributed by atoms with Crippen molar-refractivity contribution in [1.29, 1.82) is 0 Å². The molecule has 0 amide bonds. The van der Waals surface area contributed by atoms with Crippen molar-refractivity contribution in [2.45, 2.75) is 128 Å². The van der Waals surface area contributed by atoms with Gasteiger partial charge in [0.1, 0.15) is 0 Å². The summed E-state index contributed by atoms with van der Waals surface area (Å²) in [5.74, 6) is 0. The monoisotopic (exact) mass is 762 g/mol. The van der Waals surface area contributed by atoms with Crippen LogP contribution in [0.25, 0.3) is 11.1 Å². The molecule has 8 rings (SSSR count). The van der Waals surface area contributed by atoms with Gasteiger partial charge in [0, 0.05) is 5.71 Å². The van der Waals surface area contributed by atoms with Crippen LogP contribution in [0.3, 0.4) is 0 Å². The van der Waals surface area contributed by atoms with Gasteiger partial charge in [0.2, 0.25) is 0 Å². The minimum Gasteiger partial charge on any atom is -0.253 e. The third-order valence-corrected chi connectivity index (χ3v) is 8.77. The van der Waals surface area contributed by atoms with Crippen LogP contribution < -0.4 is 0 Å². The van der Waals surface area contributed by atoms with Crippen molar-refractivity contribution in [3.8, 4) is 11.1 Å². The van der Waals surface area contributed by atoms with Gasteiger partial charge in [-0.1, -0.05) is 248 Å². The van der Waals surface area contributed by atoms with Gasteiger partial charge < -0.3 is 0 Å². The largest absolute Gasteiger partial charge is 0.253 e. The summed E-state index contributed by atoms with van der Waals surface area (Å²) in [6, 6.07) is 54.3. The minimum atomic E-state index is -0.196. The molecule has 0 aliphatic heterocycles. The fourth-order valence-corrected chi connectivity index (χ4v) is 6.86. The topological polar surface area (TPSA) is 12.4 Å². The number of nitrogens with zero attached hydrogens (tertiary/aromatic N) is 1. The summed E-state index contributed by atoms with van der Waals surface area (Å²) in [6.45, 7) is 28.9. The Morgan fingerprint density at radius 1 is 0.439 bits per heavy atom. The van der Waals surface area contributed by atoms with Crippen molar-refractivity contribution >= 4 is 11.4 Å². The number of hydrogen-bond acceptors (Lipinski definition) is 1. The van der Waals surface area contributed by atoms with Gasteiger partial charge >= 0.3 is 0 Å². The van der Waals surface area contributed by atoms with Gasteiger partial charge in [0.15, 0.2) is 0 Å². The van der Waals surface area contributed by atoms with Gasteiger partial charge in [-0.3, -0.25) is 4.99 Å². The number of hydrogen-bond donors (Lipinski definition) is 0. The second kappa shape index (κ2) is 28.4. The summed E-state index contributed by atoms with van der Waals surface area (Å²) in [5, 5.41) is 0. The first-order valence-corrected chi connectivity index (χ1v) is 21.9. The van der Waals surface area contributed by atoms with Crippen molar-refractivity contribution < 1.29 is 0 Å². The first-order valence-electron chi connectivity index (χ1n) is 21.9. The van der Waals surface area contributed by atoms with Crippen LogP contribution in [0.1, 0.15) is 154 Å². The Bertz CT molecular complexity index is 1880. The normalized spacial score (nSPS) is 11.4. The van der Waals surface area contributed by atoms with E-state index in [1.54, 1.807) is 0 Å². The lowest BCUT2D eigenvalue weighted by Crippen LogP contribution is -2.34. The Balaban J connectivity index is 0.000000450. The maximum Gasteiger partial charge on any atom is 0.0719 e. The van der Waals surface area contributed by atoms with Crippen molar-refractivity contribution in [3.05, 3.63) is 196 Å². The van der Waals surface area contributed by atoms with E-state index < -0.39 is 0 Å². The number of aryl methyl sites for hydroxylation is 1. The number of para-hydroxylation sites is 1. The van der Waals surface area contributed by atoms with Crippen LogP contribution in [0.4, 0.5) is 5.69 Å². The predicted octanol–water partition coefficient (Wildman–Crippen LogP) is 17.4. The van der Waals surface area contributed by atoms with Crippen LogP contribution in [0.15, 0.2) is 157 Å². The first-order chi connectivity index (χ1) is 27.9. The van der Waals surface area contributed by atoms with E-state index in [1.807, 2.05) is 84.9 Å². The SMILES string of the molecule is CC.CC.CC.CC(=Nc1ccccc1C)c1ccccc1.CCC.CCC.CCC.c1ccc2c(c1)Cc1ccccc1C21c2ccccc2-c2ccccc21. The third-order valence-electron chi connectivity index (χ3n) is 8.77. The molecule has 0 saturated carbocycles. The zero-order chi connectivity index (χ0) is 42.6. The van der Waals surface area contributed by atoms with Crippen molar-refractivity contribution in [2.24, 2.45) is 4.99 Å². The van der Waals surface area contributed by atoms with E-state index in [0.717, 1.165) is 17.8 Å². The summed E-state index contributed by atoms with van der Waals surface area (Å²) >= 11 is 0. The van der Waals surface area contributed by atoms with Gasteiger partial charge in [-0.15, -0.1) is 0 Å². The van der Waals surface area contributed by atoms with Crippen LogP contribution in [0.5, 0.6) is 0 Å². The van der Waals surface area contributed by atoms with Gasteiger partial charge in [0.05, 0.1) is 11.1 Å². The molecular formula is C56H75N. The molecule has 57 heavy (non-hydrogen) atoms. The fraction of sp³-hybridized carbons (Fsp3) is 0.339. The molecule has 304 valence electrons. The highest BCUT2D eigenvalue weighted by atomic mass is 14.7. The maximum absolute atomic E-state index is 4.65. The summed E-state index contributed by atoms with van der Waals surface area (Å²) in [5.41, 5.74) is 15.6. The van der Waals surface area contributed by atoms with E-state index in [1.165, 1.54) is 74.9 Å². The Labute approximate surface area is 350 Å². The summed E-state index contributed by atoms with van der Waals surface area (Å²) < 4.78 is 0. The fourth-order valence-electron chi connectivity index (χ4n) is 6.86. The highest BCUT2D eigenvalue weighted by molar-refractivity contribution is 6.00. The van der Waals surface area contributed by atoms with E-state index in [2.05, 4.69) is 169 Å². The van der Waals surface area contributed by atoms with E-state index in [9.17, 15) is 0 Å². The average Bonchev–Trinajstić information content (AvgIpc) is 3.56. The van der Waals surface area contributed by atoms with E-state index in [4.69, 9.17) is 0 Å². The third kappa shape index (κ3) is 12.7. The average molecular weight is 762 g/mol. The van der Waals surface area contributed by atoms with Crippen LogP contribution in [0.2, 0.25) is 0 Å². The number of fused-ring (bicyclic) bond motifs is 9. The van der Waals surface area contributed by atoms with E-state index in [-0.39, 0.29) is 5.41 Å². The molecule has 1 nitrogen and oxygen atoms in total. The maximum atomic E-state index is 4.65. The van der Waals surface area contributed by atoms with E-state index in [0.29, 0.717) is 0 Å².